The van der Waals surface area contributed by atoms with E-state index in [4.69, 9.17) is 0 Å². The summed E-state index contributed by atoms with van der Waals surface area (Å²) in [6.07, 6.45) is 7.53. The van der Waals surface area contributed by atoms with Crippen molar-refractivity contribution in [2.24, 2.45) is 5.92 Å². The zero-order valence-electron chi connectivity index (χ0n) is 11.6. The van der Waals surface area contributed by atoms with Gasteiger partial charge in [-0.15, -0.1) is 18.3 Å². The van der Waals surface area contributed by atoms with Gasteiger partial charge < -0.3 is 0 Å². The van der Waals surface area contributed by atoms with Gasteiger partial charge in [-0.05, 0) is 30.0 Å². The lowest BCUT2D eigenvalue weighted by molar-refractivity contribution is 0.762. The molecule has 0 nitrogen and oxygen atoms in total. The summed E-state index contributed by atoms with van der Waals surface area (Å²) in [5, 5.41) is 0. The van der Waals surface area contributed by atoms with E-state index in [1.54, 1.807) is 0 Å². The lowest BCUT2D eigenvalue weighted by atomic mass is 10.1. The van der Waals surface area contributed by atoms with Crippen molar-refractivity contribution in [3.05, 3.63) is 85.0 Å². The molecule has 0 spiro atoms. The molecule has 0 heterocycles. The molecule has 0 N–H and O–H groups in total. The van der Waals surface area contributed by atoms with Gasteiger partial charge in [0.05, 0.1) is 0 Å². The standard InChI is InChI=1S/C19H20S/c1-2-9-18(15-14-17-10-5-3-6-11-17)16-20-19-12-7-4-8-13-19/h2-8,10-15,18H,1,9,16H2/b15-14+. The molecule has 2 aromatic rings. The SMILES string of the molecule is C=CCC(/C=C/c1ccccc1)CSc1ccccc1. The van der Waals surface area contributed by atoms with Crippen molar-refractivity contribution in [3.8, 4) is 0 Å². The van der Waals surface area contributed by atoms with E-state index in [1.807, 2.05) is 23.9 Å². The first-order chi connectivity index (χ1) is 9.88. The van der Waals surface area contributed by atoms with Crippen LogP contribution in [0.4, 0.5) is 0 Å². The van der Waals surface area contributed by atoms with E-state index in [9.17, 15) is 0 Å². The second-order valence-corrected chi connectivity index (χ2v) is 5.77. The van der Waals surface area contributed by atoms with Gasteiger partial charge in [0.1, 0.15) is 0 Å². The predicted molar refractivity (Wildman–Crippen MR) is 90.9 cm³/mol. The lowest BCUT2D eigenvalue weighted by Crippen LogP contribution is -1.98. The van der Waals surface area contributed by atoms with Gasteiger partial charge in [-0.1, -0.05) is 66.8 Å². The second kappa shape index (κ2) is 8.44. The van der Waals surface area contributed by atoms with Crippen molar-refractivity contribution >= 4 is 17.8 Å². The highest BCUT2D eigenvalue weighted by Crippen LogP contribution is 2.23. The van der Waals surface area contributed by atoms with Crippen molar-refractivity contribution in [1.82, 2.24) is 0 Å². The van der Waals surface area contributed by atoms with Crippen molar-refractivity contribution in [2.45, 2.75) is 11.3 Å². The molecular formula is C19H20S. The van der Waals surface area contributed by atoms with E-state index >= 15 is 0 Å². The Balaban J connectivity index is 1.93. The fraction of sp³-hybridized carbons (Fsp3) is 0.158. The van der Waals surface area contributed by atoms with Crippen LogP contribution in [0.2, 0.25) is 0 Å². The molecular weight excluding hydrogens is 260 g/mol. The van der Waals surface area contributed by atoms with Gasteiger partial charge in [-0.3, -0.25) is 0 Å². The molecule has 0 aliphatic carbocycles. The fourth-order valence-electron chi connectivity index (χ4n) is 1.95. The van der Waals surface area contributed by atoms with Crippen LogP contribution in [-0.2, 0) is 0 Å². The molecule has 1 heteroatoms. The van der Waals surface area contributed by atoms with Crippen LogP contribution in [0, 0.1) is 5.92 Å². The molecule has 1 unspecified atom stereocenters. The molecule has 0 bridgehead atoms. The minimum atomic E-state index is 0.526. The normalized spacial score (nSPS) is 12.4. The van der Waals surface area contributed by atoms with E-state index in [1.165, 1.54) is 10.5 Å². The van der Waals surface area contributed by atoms with Crippen LogP contribution in [0.5, 0.6) is 0 Å². The third-order valence-corrected chi connectivity index (χ3v) is 4.24. The predicted octanol–water partition coefficient (Wildman–Crippen LogP) is 5.68. The van der Waals surface area contributed by atoms with Gasteiger partial charge in [0.15, 0.2) is 0 Å². The van der Waals surface area contributed by atoms with Crippen LogP contribution < -0.4 is 0 Å². The van der Waals surface area contributed by atoms with Gasteiger partial charge in [0, 0.05) is 10.6 Å². The average Bonchev–Trinajstić information content (AvgIpc) is 2.52. The quantitative estimate of drug-likeness (QED) is 0.464. The molecule has 0 radical (unpaired) electrons. The molecule has 102 valence electrons. The molecule has 0 amide bonds. The summed E-state index contributed by atoms with van der Waals surface area (Å²) >= 11 is 1.90. The highest BCUT2D eigenvalue weighted by molar-refractivity contribution is 7.99. The van der Waals surface area contributed by atoms with Crippen LogP contribution in [-0.4, -0.2) is 5.75 Å². The molecule has 2 rings (SSSR count). The number of allylic oxidation sites excluding steroid dienone is 2. The van der Waals surface area contributed by atoms with Crippen LogP contribution >= 0.6 is 11.8 Å². The summed E-state index contributed by atoms with van der Waals surface area (Å²) in [6.45, 7) is 3.87. The Kier molecular flexibility index (Phi) is 6.19. The van der Waals surface area contributed by atoms with E-state index in [0.717, 1.165) is 12.2 Å². The molecule has 0 fully saturated rings. The minimum absolute atomic E-state index is 0.526. The second-order valence-electron chi connectivity index (χ2n) is 4.68. The summed E-state index contributed by atoms with van der Waals surface area (Å²) < 4.78 is 0. The third-order valence-electron chi connectivity index (χ3n) is 3.04. The molecule has 0 saturated carbocycles. The summed E-state index contributed by atoms with van der Waals surface area (Å²) in [5.41, 5.74) is 1.26. The Bertz CT molecular complexity index is 528. The minimum Gasteiger partial charge on any atom is -0.126 e. The number of thioether (sulfide) groups is 1. The van der Waals surface area contributed by atoms with Gasteiger partial charge >= 0.3 is 0 Å². The Morgan fingerprint density at radius 2 is 1.60 bits per heavy atom. The third kappa shape index (κ3) is 5.10. The Morgan fingerprint density at radius 1 is 0.950 bits per heavy atom. The highest BCUT2D eigenvalue weighted by atomic mass is 32.2. The summed E-state index contributed by atoms with van der Waals surface area (Å²) in [7, 11) is 0. The first-order valence-corrected chi connectivity index (χ1v) is 7.89. The topological polar surface area (TPSA) is 0 Å². The van der Waals surface area contributed by atoms with E-state index in [2.05, 4.69) is 73.3 Å². The molecule has 0 aliphatic rings. The van der Waals surface area contributed by atoms with Crippen LogP contribution in [0.15, 0.2) is 84.3 Å². The first-order valence-electron chi connectivity index (χ1n) is 6.90. The molecule has 1 atom stereocenters. The number of hydrogen-bond acceptors (Lipinski definition) is 1. The maximum atomic E-state index is 3.87. The summed E-state index contributed by atoms with van der Waals surface area (Å²) in [6, 6.07) is 21.0. The van der Waals surface area contributed by atoms with Gasteiger partial charge in [0.2, 0.25) is 0 Å². The molecule has 2 aromatic carbocycles. The maximum Gasteiger partial charge on any atom is 0.00721 e. The Labute approximate surface area is 126 Å². The smallest absolute Gasteiger partial charge is 0.00721 e. The van der Waals surface area contributed by atoms with Crippen LogP contribution in [0.1, 0.15) is 12.0 Å². The van der Waals surface area contributed by atoms with Crippen LogP contribution in [0.25, 0.3) is 6.08 Å². The zero-order chi connectivity index (χ0) is 14.0. The molecule has 0 saturated heterocycles. The zero-order valence-corrected chi connectivity index (χ0v) is 12.4. The van der Waals surface area contributed by atoms with Crippen LogP contribution in [0.3, 0.4) is 0 Å². The van der Waals surface area contributed by atoms with E-state index in [-0.39, 0.29) is 0 Å². The average molecular weight is 280 g/mol. The maximum absolute atomic E-state index is 3.87. The summed E-state index contributed by atoms with van der Waals surface area (Å²) in [5.74, 6) is 1.61. The molecule has 20 heavy (non-hydrogen) atoms. The fourth-order valence-corrected chi connectivity index (χ4v) is 2.95. The van der Waals surface area contributed by atoms with E-state index < -0.39 is 0 Å². The van der Waals surface area contributed by atoms with Crippen molar-refractivity contribution in [2.75, 3.05) is 5.75 Å². The largest absolute Gasteiger partial charge is 0.126 e. The van der Waals surface area contributed by atoms with Gasteiger partial charge in [-0.25, -0.2) is 0 Å². The highest BCUT2D eigenvalue weighted by Gasteiger charge is 2.03. The lowest BCUT2D eigenvalue weighted by Gasteiger charge is -2.10. The number of rotatable bonds is 7. The van der Waals surface area contributed by atoms with Crippen molar-refractivity contribution < 1.29 is 0 Å². The van der Waals surface area contributed by atoms with E-state index in [0.29, 0.717) is 5.92 Å². The van der Waals surface area contributed by atoms with Gasteiger partial charge in [0.25, 0.3) is 0 Å². The van der Waals surface area contributed by atoms with Crippen molar-refractivity contribution in [3.63, 3.8) is 0 Å². The van der Waals surface area contributed by atoms with Crippen molar-refractivity contribution in [1.29, 1.82) is 0 Å². The number of benzene rings is 2. The Morgan fingerprint density at radius 3 is 2.25 bits per heavy atom. The summed E-state index contributed by atoms with van der Waals surface area (Å²) in [4.78, 5) is 1.33. The number of hydrogen-bond donors (Lipinski definition) is 0. The Hall–Kier alpha value is -1.73. The monoisotopic (exact) mass is 280 g/mol. The molecule has 0 aromatic heterocycles. The molecule has 0 aliphatic heterocycles. The first kappa shape index (κ1) is 14.7. The van der Waals surface area contributed by atoms with Gasteiger partial charge in [-0.2, -0.15) is 0 Å².